The molecule has 0 radical (unpaired) electrons. The third-order valence-electron chi connectivity index (χ3n) is 6.89. The van der Waals surface area contributed by atoms with E-state index in [2.05, 4.69) is 16.2 Å². The number of carbonyl (C=O) groups excluding carboxylic acids is 1. The molecule has 1 fully saturated rings. The SMILES string of the molecule is Cn1c(CCCCCCc2cccc(Cl)c2)c(C(=O)N2CC[C@H](/C(N)=N/N)C2)c2cc(Cl)cnc21. The third-order valence-corrected chi connectivity index (χ3v) is 7.33. The minimum absolute atomic E-state index is 0.0106. The third kappa shape index (κ3) is 5.73. The van der Waals surface area contributed by atoms with E-state index in [1.807, 2.05) is 40.8 Å². The van der Waals surface area contributed by atoms with Crippen molar-refractivity contribution < 1.29 is 4.79 Å². The van der Waals surface area contributed by atoms with E-state index >= 15 is 0 Å². The maximum atomic E-state index is 13.7. The van der Waals surface area contributed by atoms with E-state index in [1.165, 1.54) is 5.56 Å². The summed E-state index contributed by atoms with van der Waals surface area (Å²) in [5.74, 6) is 5.73. The van der Waals surface area contributed by atoms with Gasteiger partial charge in [0.05, 0.1) is 10.6 Å². The highest BCUT2D eigenvalue weighted by Gasteiger charge is 2.32. The summed E-state index contributed by atoms with van der Waals surface area (Å²) < 4.78 is 2.04. The summed E-state index contributed by atoms with van der Waals surface area (Å²) in [6.07, 6.45) is 8.50. The van der Waals surface area contributed by atoms with E-state index in [4.69, 9.17) is 34.8 Å². The van der Waals surface area contributed by atoms with Crippen LogP contribution in [0.5, 0.6) is 0 Å². The Morgan fingerprint density at radius 1 is 1.14 bits per heavy atom. The van der Waals surface area contributed by atoms with Crippen LogP contribution >= 0.6 is 23.2 Å². The number of unbranched alkanes of at least 4 members (excludes halogenated alkanes) is 3. The first-order valence-electron chi connectivity index (χ1n) is 12.1. The molecule has 1 aromatic carbocycles. The Morgan fingerprint density at radius 2 is 1.91 bits per heavy atom. The lowest BCUT2D eigenvalue weighted by molar-refractivity contribution is 0.0791. The predicted molar refractivity (Wildman–Crippen MR) is 143 cm³/mol. The molecular formula is C26H32Cl2N6O. The fourth-order valence-electron chi connectivity index (χ4n) is 4.98. The van der Waals surface area contributed by atoms with Gasteiger partial charge in [0.25, 0.3) is 5.91 Å². The van der Waals surface area contributed by atoms with Gasteiger partial charge in [-0.2, -0.15) is 5.10 Å². The van der Waals surface area contributed by atoms with Crippen molar-refractivity contribution >= 4 is 46.0 Å². The first kappa shape index (κ1) is 25.3. The van der Waals surface area contributed by atoms with Gasteiger partial charge < -0.3 is 21.0 Å². The van der Waals surface area contributed by atoms with Gasteiger partial charge in [0.15, 0.2) is 0 Å². The van der Waals surface area contributed by atoms with E-state index in [0.717, 1.165) is 66.7 Å². The van der Waals surface area contributed by atoms with Gasteiger partial charge in [0.1, 0.15) is 11.5 Å². The lowest BCUT2D eigenvalue weighted by Gasteiger charge is -2.18. The number of amidine groups is 1. The van der Waals surface area contributed by atoms with Crippen LogP contribution in [0.2, 0.25) is 10.0 Å². The quantitative estimate of drug-likeness (QED) is 0.139. The van der Waals surface area contributed by atoms with Crippen LogP contribution in [0.1, 0.15) is 53.7 Å². The number of nitrogens with two attached hydrogens (primary N) is 2. The number of hydrogen-bond acceptors (Lipinski definition) is 4. The zero-order valence-corrected chi connectivity index (χ0v) is 21.5. The average Bonchev–Trinajstić information content (AvgIpc) is 3.44. The number of pyridine rings is 1. The second-order valence-electron chi connectivity index (χ2n) is 9.24. The van der Waals surface area contributed by atoms with Gasteiger partial charge in [-0.15, -0.1) is 0 Å². The molecule has 186 valence electrons. The summed E-state index contributed by atoms with van der Waals surface area (Å²) in [6.45, 7) is 1.13. The molecule has 1 saturated heterocycles. The van der Waals surface area contributed by atoms with Gasteiger partial charge in [-0.3, -0.25) is 4.79 Å². The molecule has 0 aliphatic carbocycles. The lowest BCUT2D eigenvalue weighted by Crippen LogP contribution is -2.32. The number of hydrogen-bond donors (Lipinski definition) is 2. The van der Waals surface area contributed by atoms with Crippen LogP contribution in [0.3, 0.4) is 0 Å². The molecule has 7 nitrogen and oxygen atoms in total. The van der Waals surface area contributed by atoms with Crippen LogP contribution in [0.15, 0.2) is 41.6 Å². The van der Waals surface area contributed by atoms with E-state index < -0.39 is 0 Å². The minimum atomic E-state index is -0.0112. The molecule has 1 aliphatic heterocycles. The fraction of sp³-hybridized carbons (Fsp3) is 0.423. The Labute approximate surface area is 216 Å². The van der Waals surface area contributed by atoms with Crippen molar-refractivity contribution in [2.75, 3.05) is 13.1 Å². The Balaban J connectivity index is 1.46. The van der Waals surface area contributed by atoms with Gasteiger partial charge in [0, 0.05) is 48.4 Å². The first-order valence-corrected chi connectivity index (χ1v) is 12.8. The number of aromatic nitrogens is 2. The van der Waals surface area contributed by atoms with Crippen molar-refractivity contribution in [3.8, 4) is 0 Å². The molecular weight excluding hydrogens is 483 g/mol. The number of amides is 1. The Morgan fingerprint density at radius 3 is 2.66 bits per heavy atom. The van der Waals surface area contributed by atoms with Crippen molar-refractivity contribution in [1.29, 1.82) is 0 Å². The molecule has 0 bridgehead atoms. The van der Waals surface area contributed by atoms with E-state index in [0.29, 0.717) is 29.5 Å². The van der Waals surface area contributed by atoms with E-state index in [1.54, 1.807) is 6.20 Å². The second kappa shape index (κ2) is 11.3. The fourth-order valence-corrected chi connectivity index (χ4v) is 5.35. The standard InChI is InChI=1S/C26H32Cl2N6O/c1-33-22(10-5-3-2-4-7-17-8-6-9-19(27)13-17)23(21-14-20(28)15-31-25(21)33)26(35)34-12-11-18(16-34)24(29)32-30/h6,8-9,13-15,18H,2-5,7,10-12,16,30H2,1H3,(H2,29,32)/t18-/m0/s1. The Kier molecular flexibility index (Phi) is 8.19. The van der Waals surface area contributed by atoms with Crippen molar-refractivity contribution in [3.05, 3.63) is 63.4 Å². The van der Waals surface area contributed by atoms with Gasteiger partial charge >= 0.3 is 0 Å². The average molecular weight is 515 g/mol. The molecule has 0 saturated carbocycles. The number of rotatable bonds is 9. The van der Waals surface area contributed by atoms with E-state index in [9.17, 15) is 4.79 Å². The van der Waals surface area contributed by atoms with Crippen LogP contribution in [0.25, 0.3) is 11.0 Å². The number of carbonyl (C=O) groups is 1. The summed E-state index contributed by atoms with van der Waals surface area (Å²) in [5, 5.41) is 5.72. The second-order valence-corrected chi connectivity index (χ2v) is 10.1. The predicted octanol–water partition coefficient (Wildman–Crippen LogP) is 4.92. The zero-order chi connectivity index (χ0) is 24.9. The van der Waals surface area contributed by atoms with Crippen LogP contribution < -0.4 is 11.6 Å². The molecule has 4 rings (SSSR count). The molecule has 1 atom stereocenters. The molecule has 9 heteroatoms. The first-order chi connectivity index (χ1) is 16.9. The maximum Gasteiger partial charge on any atom is 0.256 e. The van der Waals surface area contributed by atoms with Gasteiger partial charge in [-0.1, -0.05) is 48.2 Å². The number of halogens is 2. The Bertz CT molecular complexity index is 1240. The molecule has 3 heterocycles. The van der Waals surface area contributed by atoms with E-state index in [-0.39, 0.29) is 11.8 Å². The highest BCUT2D eigenvalue weighted by Crippen LogP contribution is 2.30. The summed E-state index contributed by atoms with van der Waals surface area (Å²) in [5.41, 5.74) is 9.66. The largest absolute Gasteiger partial charge is 0.385 e. The molecule has 2 aromatic heterocycles. The molecule has 4 N–H and O–H groups in total. The number of aryl methyl sites for hydroxylation is 2. The lowest BCUT2D eigenvalue weighted by atomic mass is 10.0. The van der Waals surface area contributed by atoms with Gasteiger partial charge in [0.2, 0.25) is 0 Å². The normalized spacial score (nSPS) is 16.4. The Hall–Kier alpha value is -2.77. The minimum Gasteiger partial charge on any atom is -0.385 e. The monoisotopic (exact) mass is 514 g/mol. The number of hydrazone groups is 1. The molecule has 1 amide bonds. The number of fused-ring (bicyclic) bond motifs is 1. The zero-order valence-electron chi connectivity index (χ0n) is 20.0. The van der Waals surface area contributed by atoms with Crippen LogP contribution in [-0.2, 0) is 19.9 Å². The van der Waals surface area contributed by atoms with Crippen molar-refractivity contribution in [2.45, 2.75) is 44.9 Å². The van der Waals surface area contributed by atoms with Crippen molar-refractivity contribution in [1.82, 2.24) is 14.5 Å². The molecule has 3 aromatic rings. The summed E-state index contributed by atoms with van der Waals surface area (Å²) in [6, 6.07) is 9.89. The van der Waals surface area contributed by atoms with Gasteiger partial charge in [-0.05, 0) is 55.9 Å². The summed E-state index contributed by atoms with van der Waals surface area (Å²) in [7, 11) is 1.97. The van der Waals surface area contributed by atoms with Crippen molar-refractivity contribution in [3.63, 3.8) is 0 Å². The highest BCUT2D eigenvalue weighted by molar-refractivity contribution is 6.31. The summed E-state index contributed by atoms with van der Waals surface area (Å²) in [4.78, 5) is 20.1. The van der Waals surface area contributed by atoms with Gasteiger partial charge in [-0.25, -0.2) is 4.98 Å². The smallest absolute Gasteiger partial charge is 0.256 e. The molecule has 35 heavy (non-hydrogen) atoms. The number of nitrogens with zero attached hydrogens (tertiary/aromatic N) is 4. The number of likely N-dealkylation sites (tertiary alicyclic amines) is 1. The topological polar surface area (TPSA) is 103 Å². The van der Waals surface area contributed by atoms with Crippen LogP contribution in [0.4, 0.5) is 0 Å². The molecule has 0 spiro atoms. The van der Waals surface area contributed by atoms with Crippen LogP contribution in [0, 0.1) is 5.92 Å². The van der Waals surface area contributed by atoms with Crippen LogP contribution in [-0.4, -0.2) is 39.3 Å². The highest BCUT2D eigenvalue weighted by atomic mass is 35.5. The molecule has 0 unspecified atom stereocenters. The number of benzene rings is 1. The van der Waals surface area contributed by atoms with Crippen molar-refractivity contribution in [2.24, 2.45) is 29.6 Å². The summed E-state index contributed by atoms with van der Waals surface area (Å²) >= 11 is 12.4. The maximum absolute atomic E-state index is 13.7. The molecule has 1 aliphatic rings.